The predicted molar refractivity (Wildman–Crippen MR) is 112 cm³/mol. The van der Waals surface area contributed by atoms with Gasteiger partial charge in [0.25, 0.3) is 11.1 Å². The quantitative estimate of drug-likeness (QED) is 0.536. The maximum absolute atomic E-state index is 13.8. The van der Waals surface area contributed by atoms with E-state index in [4.69, 9.17) is 21.1 Å². The molecule has 0 spiro atoms. The van der Waals surface area contributed by atoms with Gasteiger partial charge in [0.2, 0.25) is 0 Å². The van der Waals surface area contributed by atoms with Crippen LogP contribution in [0.5, 0.6) is 11.5 Å². The van der Waals surface area contributed by atoms with Crippen molar-refractivity contribution in [1.29, 1.82) is 0 Å². The van der Waals surface area contributed by atoms with Crippen molar-refractivity contribution in [3.8, 4) is 11.5 Å². The van der Waals surface area contributed by atoms with E-state index in [0.717, 1.165) is 11.8 Å². The Labute approximate surface area is 177 Å². The molecule has 8 heteroatoms. The average molecular weight is 436 g/mol. The molecule has 1 heterocycles. The van der Waals surface area contributed by atoms with Crippen molar-refractivity contribution in [2.24, 2.45) is 0 Å². The summed E-state index contributed by atoms with van der Waals surface area (Å²) in [7, 11) is 1.46. The summed E-state index contributed by atoms with van der Waals surface area (Å²) in [6.07, 6.45) is 2.29. The SMILES string of the molecule is CCCN1C(=O)S/C(=C/c2cc(Cl)c(OCc3ccccc3F)c(OC)c2)C1=O. The molecule has 2 aromatic rings. The van der Waals surface area contributed by atoms with Gasteiger partial charge >= 0.3 is 0 Å². The lowest BCUT2D eigenvalue weighted by Gasteiger charge is -2.14. The van der Waals surface area contributed by atoms with Crippen LogP contribution in [0.25, 0.3) is 6.08 Å². The highest BCUT2D eigenvalue weighted by Crippen LogP contribution is 2.39. The first kappa shape index (κ1) is 21.2. The zero-order valence-corrected chi connectivity index (χ0v) is 17.5. The fourth-order valence-corrected chi connectivity index (χ4v) is 3.94. The first-order valence-electron chi connectivity index (χ1n) is 8.93. The molecule has 152 valence electrons. The Morgan fingerprint density at radius 1 is 1.24 bits per heavy atom. The number of benzene rings is 2. The zero-order valence-electron chi connectivity index (χ0n) is 15.9. The van der Waals surface area contributed by atoms with Gasteiger partial charge < -0.3 is 9.47 Å². The standard InChI is InChI=1S/C21H19ClFNO4S/c1-3-8-24-20(25)18(29-21(24)26)11-13-9-15(22)19(17(10-13)27-2)28-12-14-6-4-5-7-16(14)23/h4-7,9-11H,3,8,12H2,1-2H3/b18-11+. The first-order chi connectivity index (χ1) is 13.9. The number of carbonyl (C=O) groups excluding carboxylic acids is 2. The first-order valence-corrected chi connectivity index (χ1v) is 10.1. The van der Waals surface area contributed by atoms with E-state index in [1.54, 1.807) is 36.4 Å². The maximum atomic E-state index is 13.8. The number of hydrogen-bond acceptors (Lipinski definition) is 5. The molecule has 0 aromatic heterocycles. The molecule has 29 heavy (non-hydrogen) atoms. The molecule has 5 nitrogen and oxygen atoms in total. The van der Waals surface area contributed by atoms with Gasteiger partial charge in [-0.3, -0.25) is 14.5 Å². The molecule has 0 unspecified atom stereocenters. The number of methoxy groups -OCH3 is 1. The number of nitrogens with zero attached hydrogens (tertiary/aromatic N) is 1. The van der Waals surface area contributed by atoms with Crippen molar-refractivity contribution < 1.29 is 23.5 Å². The molecule has 2 aromatic carbocycles. The summed E-state index contributed by atoms with van der Waals surface area (Å²) in [5.74, 6) is -0.0830. The lowest BCUT2D eigenvalue weighted by atomic mass is 10.1. The van der Waals surface area contributed by atoms with Gasteiger partial charge in [-0.05, 0) is 48.0 Å². The Kier molecular flexibility index (Phi) is 6.82. The molecule has 0 saturated carbocycles. The summed E-state index contributed by atoms with van der Waals surface area (Å²) in [5, 5.41) is -0.0364. The maximum Gasteiger partial charge on any atom is 0.293 e. The third kappa shape index (κ3) is 4.74. The van der Waals surface area contributed by atoms with Crippen molar-refractivity contribution in [2.75, 3.05) is 13.7 Å². The molecule has 0 atom stereocenters. The Morgan fingerprint density at radius 2 is 2.00 bits per heavy atom. The van der Waals surface area contributed by atoms with E-state index >= 15 is 0 Å². The van der Waals surface area contributed by atoms with Crippen LogP contribution in [0.1, 0.15) is 24.5 Å². The molecule has 0 aliphatic carbocycles. The minimum absolute atomic E-state index is 0.0159. The van der Waals surface area contributed by atoms with Crippen LogP contribution in [-0.2, 0) is 11.4 Å². The fraction of sp³-hybridized carbons (Fsp3) is 0.238. The number of imide groups is 1. The zero-order chi connectivity index (χ0) is 21.0. The summed E-state index contributed by atoms with van der Waals surface area (Å²) < 4.78 is 24.8. The number of hydrogen-bond donors (Lipinski definition) is 0. The van der Waals surface area contributed by atoms with Crippen LogP contribution in [0, 0.1) is 5.82 Å². The number of ether oxygens (including phenoxy) is 2. The van der Waals surface area contributed by atoms with Gasteiger partial charge in [-0.2, -0.15) is 0 Å². The molecule has 1 saturated heterocycles. The normalized spacial score (nSPS) is 15.3. The summed E-state index contributed by atoms with van der Waals surface area (Å²) in [5.41, 5.74) is 0.978. The molecule has 1 fully saturated rings. The van der Waals surface area contributed by atoms with Crippen LogP contribution in [0.4, 0.5) is 9.18 Å². The van der Waals surface area contributed by atoms with Crippen LogP contribution in [0.3, 0.4) is 0 Å². The molecular weight excluding hydrogens is 417 g/mol. The molecule has 0 radical (unpaired) electrons. The number of thioether (sulfide) groups is 1. The third-order valence-corrected chi connectivity index (χ3v) is 5.39. The van der Waals surface area contributed by atoms with E-state index in [9.17, 15) is 14.0 Å². The third-order valence-electron chi connectivity index (χ3n) is 4.20. The van der Waals surface area contributed by atoms with Gasteiger partial charge in [-0.1, -0.05) is 36.7 Å². The monoisotopic (exact) mass is 435 g/mol. The van der Waals surface area contributed by atoms with E-state index in [2.05, 4.69) is 0 Å². The number of amides is 2. The van der Waals surface area contributed by atoms with Crippen LogP contribution in [0.15, 0.2) is 41.3 Å². The highest BCUT2D eigenvalue weighted by Gasteiger charge is 2.34. The van der Waals surface area contributed by atoms with Crippen LogP contribution < -0.4 is 9.47 Å². The van der Waals surface area contributed by atoms with E-state index in [-0.39, 0.29) is 34.3 Å². The fourth-order valence-electron chi connectivity index (χ4n) is 2.80. The summed E-state index contributed by atoms with van der Waals surface area (Å²) >= 11 is 7.24. The predicted octanol–water partition coefficient (Wildman–Crippen LogP) is 5.51. The Bertz CT molecular complexity index is 979. The Balaban J connectivity index is 1.84. The van der Waals surface area contributed by atoms with Gasteiger partial charge in [0.15, 0.2) is 11.5 Å². The van der Waals surface area contributed by atoms with Crippen molar-refractivity contribution in [3.63, 3.8) is 0 Å². The Morgan fingerprint density at radius 3 is 2.69 bits per heavy atom. The molecule has 0 N–H and O–H groups in total. The number of rotatable bonds is 7. The van der Waals surface area contributed by atoms with Gasteiger partial charge in [0.1, 0.15) is 12.4 Å². The number of carbonyl (C=O) groups is 2. The van der Waals surface area contributed by atoms with Gasteiger partial charge in [-0.25, -0.2) is 4.39 Å². The summed E-state index contributed by atoms with van der Waals surface area (Å²) in [6, 6.07) is 9.55. The van der Waals surface area contributed by atoms with Crippen molar-refractivity contribution >= 4 is 40.6 Å². The second kappa shape index (κ2) is 9.33. The summed E-state index contributed by atoms with van der Waals surface area (Å²) in [6.45, 7) is 2.27. The highest BCUT2D eigenvalue weighted by molar-refractivity contribution is 8.18. The van der Waals surface area contributed by atoms with Crippen LogP contribution in [0.2, 0.25) is 5.02 Å². The lowest BCUT2D eigenvalue weighted by Crippen LogP contribution is -2.28. The van der Waals surface area contributed by atoms with E-state index in [1.807, 2.05) is 6.92 Å². The second-order valence-corrected chi connectivity index (χ2v) is 7.65. The van der Waals surface area contributed by atoms with Gasteiger partial charge in [0, 0.05) is 12.1 Å². The molecule has 0 bridgehead atoms. The average Bonchev–Trinajstić information content (AvgIpc) is 2.95. The molecule has 3 rings (SSSR count). The smallest absolute Gasteiger partial charge is 0.293 e. The van der Waals surface area contributed by atoms with Crippen molar-refractivity contribution in [2.45, 2.75) is 20.0 Å². The van der Waals surface area contributed by atoms with Crippen molar-refractivity contribution in [1.82, 2.24) is 4.90 Å². The molecule has 1 aliphatic rings. The Hall–Kier alpha value is -2.51. The molecular formula is C21H19ClFNO4S. The van der Waals surface area contributed by atoms with Gasteiger partial charge in [0.05, 0.1) is 17.0 Å². The van der Waals surface area contributed by atoms with Crippen LogP contribution >= 0.6 is 23.4 Å². The second-order valence-electron chi connectivity index (χ2n) is 6.25. The lowest BCUT2D eigenvalue weighted by molar-refractivity contribution is -0.122. The van der Waals surface area contributed by atoms with E-state index < -0.39 is 0 Å². The highest BCUT2D eigenvalue weighted by atomic mass is 35.5. The largest absolute Gasteiger partial charge is 0.493 e. The summed E-state index contributed by atoms with van der Waals surface area (Å²) in [4.78, 5) is 25.9. The van der Waals surface area contributed by atoms with E-state index in [1.165, 1.54) is 18.1 Å². The van der Waals surface area contributed by atoms with Gasteiger partial charge in [-0.15, -0.1) is 0 Å². The van der Waals surface area contributed by atoms with Crippen molar-refractivity contribution in [3.05, 3.63) is 63.3 Å². The van der Waals surface area contributed by atoms with E-state index in [0.29, 0.717) is 34.7 Å². The number of halogens is 2. The molecule has 2 amide bonds. The van der Waals surface area contributed by atoms with Crippen LogP contribution in [-0.4, -0.2) is 29.7 Å². The molecule has 1 aliphatic heterocycles. The topological polar surface area (TPSA) is 55.8 Å². The minimum atomic E-state index is -0.373. The minimum Gasteiger partial charge on any atom is -0.493 e.